The summed E-state index contributed by atoms with van der Waals surface area (Å²) in [5.41, 5.74) is 0. The van der Waals surface area contributed by atoms with Crippen LogP contribution < -0.4 is 0 Å². The summed E-state index contributed by atoms with van der Waals surface area (Å²) in [7, 11) is 0. The third-order valence-corrected chi connectivity index (χ3v) is 1.94. The predicted octanol–water partition coefficient (Wildman–Crippen LogP) is 1.76. The third-order valence-electron chi connectivity index (χ3n) is 1.02. The minimum Gasteiger partial charge on any atom is -1.00 e. The molecule has 58 valence electrons. The Morgan fingerprint density at radius 2 is 1.82 bits per heavy atom. The summed E-state index contributed by atoms with van der Waals surface area (Å²) >= 11 is 3.64. The molecule has 1 N–H and O–H groups in total. The maximum absolute atomic E-state index is 10.4. The van der Waals surface area contributed by atoms with Crippen molar-refractivity contribution in [1.82, 2.24) is 0 Å². The van der Waals surface area contributed by atoms with E-state index >= 15 is 0 Å². The van der Waals surface area contributed by atoms with Crippen molar-refractivity contribution in [3.05, 3.63) is 29.3 Å². The van der Waals surface area contributed by atoms with Gasteiger partial charge < -0.3 is 7.41 Å². The Balaban J connectivity index is -0.000000333. The molecule has 5 heteroatoms. The van der Waals surface area contributed by atoms with Crippen molar-refractivity contribution >= 4 is 71.6 Å². The number of benzene rings is 1. The Kier molecular flexibility index (Phi) is 6.40. The van der Waals surface area contributed by atoms with Crippen molar-refractivity contribution in [2.45, 2.75) is 4.90 Å². The molecule has 0 aliphatic rings. The normalized spacial score (nSPS) is 11.8. The fourth-order valence-electron chi connectivity index (χ4n) is 0.551. The average molecular weight is 316 g/mol. The second kappa shape index (κ2) is 5.77. The standard InChI is InChI=1S/C6H5ClO2S.Ba.2H/c7-5-1-3-6(4-2-5)10(8)9;;;/h1-4H,(H,8,9);;;/q;+2;2*-1. The molecule has 1 atom stereocenters. The topological polar surface area (TPSA) is 37.3 Å². The van der Waals surface area contributed by atoms with Gasteiger partial charge in [-0.3, -0.25) is 0 Å². The van der Waals surface area contributed by atoms with Crippen LogP contribution in [-0.2, 0) is 11.1 Å². The summed E-state index contributed by atoms with van der Waals surface area (Å²) in [6, 6.07) is 6.17. The molecule has 2 nitrogen and oxygen atoms in total. The molecule has 0 aliphatic carbocycles. The van der Waals surface area contributed by atoms with Gasteiger partial charge in [0.25, 0.3) is 0 Å². The fraction of sp³-hybridized carbons (Fsp3) is 0. The molecule has 11 heavy (non-hydrogen) atoms. The molecule has 1 unspecified atom stereocenters. The molecule has 0 fully saturated rings. The van der Waals surface area contributed by atoms with Crippen molar-refractivity contribution in [3.8, 4) is 0 Å². The maximum Gasteiger partial charge on any atom is 2.00 e. The molecule has 0 saturated carbocycles. The summed E-state index contributed by atoms with van der Waals surface area (Å²) in [5, 5.41) is 0.564. The van der Waals surface area contributed by atoms with Gasteiger partial charge in [0.15, 0.2) is 11.1 Å². The van der Waals surface area contributed by atoms with E-state index in [1.54, 1.807) is 12.1 Å². The number of hydrogen-bond donors (Lipinski definition) is 1. The molecule has 0 amide bonds. The van der Waals surface area contributed by atoms with Crippen LogP contribution in [0.2, 0.25) is 5.02 Å². The fourth-order valence-corrected chi connectivity index (χ4v) is 1.05. The largest absolute Gasteiger partial charge is 2.00 e. The van der Waals surface area contributed by atoms with Gasteiger partial charge in [-0.25, -0.2) is 4.21 Å². The van der Waals surface area contributed by atoms with Crippen LogP contribution in [0.5, 0.6) is 0 Å². The molecule has 0 radical (unpaired) electrons. The molecule has 0 bridgehead atoms. The van der Waals surface area contributed by atoms with Crippen molar-refractivity contribution in [2.24, 2.45) is 0 Å². The van der Waals surface area contributed by atoms with Gasteiger partial charge in [0.2, 0.25) is 0 Å². The van der Waals surface area contributed by atoms with Crippen LogP contribution in [-0.4, -0.2) is 57.6 Å². The Morgan fingerprint density at radius 1 is 1.36 bits per heavy atom. The smallest absolute Gasteiger partial charge is 1.00 e. The molecule has 0 spiro atoms. The molecular weight excluding hydrogens is 309 g/mol. The van der Waals surface area contributed by atoms with Crippen LogP contribution in [0.25, 0.3) is 0 Å². The third kappa shape index (κ3) is 4.10. The first-order chi connectivity index (χ1) is 4.70. The van der Waals surface area contributed by atoms with Crippen LogP contribution in [0.15, 0.2) is 29.2 Å². The quantitative estimate of drug-likeness (QED) is 0.633. The van der Waals surface area contributed by atoms with E-state index in [0.29, 0.717) is 9.92 Å². The van der Waals surface area contributed by atoms with Gasteiger partial charge in [-0.2, -0.15) is 0 Å². The summed E-state index contributed by atoms with van der Waals surface area (Å²) in [5.74, 6) is 0. The number of halogens is 1. The van der Waals surface area contributed by atoms with E-state index in [4.69, 9.17) is 16.2 Å². The SMILES string of the molecule is O=S(O)c1ccc(Cl)cc1.[Ba+2].[H-].[H-]. The van der Waals surface area contributed by atoms with E-state index in [9.17, 15) is 4.21 Å². The second-order valence-corrected chi connectivity index (χ2v) is 3.11. The van der Waals surface area contributed by atoms with Crippen molar-refractivity contribution in [1.29, 1.82) is 0 Å². The zero-order valence-corrected chi connectivity index (χ0v) is 11.7. The first-order valence-electron chi connectivity index (χ1n) is 2.56. The van der Waals surface area contributed by atoms with Crippen molar-refractivity contribution in [3.63, 3.8) is 0 Å². The van der Waals surface area contributed by atoms with Gasteiger partial charge in [0, 0.05) is 5.02 Å². The first-order valence-corrected chi connectivity index (χ1v) is 4.05. The molecule has 1 rings (SSSR count). The van der Waals surface area contributed by atoms with Gasteiger partial charge in [-0.05, 0) is 24.3 Å². The number of hydrogen-bond acceptors (Lipinski definition) is 1. The summed E-state index contributed by atoms with van der Waals surface area (Å²) in [6.07, 6.45) is 0. The number of rotatable bonds is 1. The molecule has 0 saturated heterocycles. The van der Waals surface area contributed by atoms with E-state index in [1.165, 1.54) is 12.1 Å². The minimum absolute atomic E-state index is 0. The zero-order chi connectivity index (χ0) is 7.56. The van der Waals surface area contributed by atoms with Crippen LogP contribution in [0.1, 0.15) is 2.85 Å². The Hall–Kier alpha value is 1.19. The van der Waals surface area contributed by atoms with Crippen LogP contribution >= 0.6 is 11.6 Å². The molecule has 0 aromatic heterocycles. The van der Waals surface area contributed by atoms with Gasteiger partial charge in [-0.15, -0.1) is 0 Å². The Morgan fingerprint density at radius 3 is 2.18 bits per heavy atom. The minimum atomic E-state index is -1.90. The van der Waals surface area contributed by atoms with Gasteiger partial charge in [0.1, 0.15) is 0 Å². The average Bonchev–Trinajstić information content (AvgIpc) is 1.88. The van der Waals surface area contributed by atoms with E-state index in [2.05, 4.69) is 0 Å². The van der Waals surface area contributed by atoms with Crippen molar-refractivity contribution < 1.29 is 11.6 Å². The first kappa shape index (κ1) is 12.2. The Labute approximate surface area is 116 Å². The molecule has 1 aromatic carbocycles. The predicted molar refractivity (Wildman–Crippen MR) is 48.5 cm³/mol. The molecular formula is C6H7BaClO2S. The van der Waals surface area contributed by atoms with Gasteiger partial charge in [-0.1, -0.05) is 11.6 Å². The zero-order valence-electron chi connectivity index (χ0n) is 7.66. The molecule has 1 aromatic rings. The van der Waals surface area contributed by atoms with Crippen LogP contribution in [0, 0.1) is 0 Å². The second-order valence-electron chi connectivity index (χ2n) is 1.70. The van der Waals surface area contributed by atoms with Crippen molar-refractivity contribution in [2.75, 3.05) is 0 Å². The maximum atomic E-state index is 10.4. The van der Waals surface area contributed by atoms with E-state index < -0.39 is 11.1 Å². The van der Waals surface area contributed by atoms with Gasteiger partial charge >= 0.3 is 48.9 Å². The van der Waals surface area contributed by atoms with Gasteiger partial charge in [0.05, 0.1) is 4.90 Å². The van der Waals surface area contributed by atoms with E-state index in [-0.39, 0.29) is 51.7 Å². The molecule has 0 heterocycles. The van der Waals surface area contributed by atoms with E-state index in [1.807, 2.05) is 0 Å². The van der Waals surface area contributed by atoms with Crippen LogP contribution in [0.4, 0.5) is 0 Å². The summed E-state index contributed by atoms with van der Waals surface area (Å²) in [6.45, 7) is 0. The van der Waals surface area contributed by atoms with E-state index in [0.717, 1.165) is 0 Å². The van der Waals surface area contributed by atoms with Crippen LogP contribution in [0.3, 0.4) is 0 Å². The summed E-state index contributed by atoms with van der Waals surface area (Å²) in [4.78, 5) is 0.365. The molecule has 0 aliphatic heterocycles. The monoisotopic (exact) mass is 316 g/mol. The Bertz CT molecular complexity index is 257. The summed E-state index contributed by atoms with van der Waals surface area (Å²) < 4.78 is 18.9.